The molecule has 0 unspecified atom stereocenters. The second kappa shape index (κ2) is 6.19. The van der Waals surface area contributed by atoms with Gasteiger partial charge in [0.25, 0.3) is 5.91 Å². The quantitative estimate of drug-likeness (QED) is 0.755. The molecule has 6 heteroatoms. The molecule has 0 saturated carbocycles. The lowest BCUT2D eigenvalue weighted by Gasteiger charge is -2.06. The highest BCUT2D eigenvalue weighted by Gasteiger charge is 2.14. The second-order valence-electron chi connectivity index (χ2n) is 3.42. The molecule has 0 heterocycles. The molecule has 0 fully saturated rings. The first-order chi connectivity index (χ1) is 8.51. The van der Waals surface area contributed by atoms with Crippen molar-refractivity contribution < 1.29 is 13.2 Å². The molecule has 0 atom stereocenters. The van der Waals surface area contributed by atoms with Gasteiger partial charge in [-0.15, -0.1) is 6.42 Å². The van der Waals surface area contributed by atoms with Crippen LogP contribution in [-0.2, 0) is 10.0 Å². The monoisotopic (exact) mass is 266 g/mol. The number of amides is 1. The molecule has 1 amide bonds. The summed E-state index contributed by atoms with van der Waals surface area (Å²) in [4.78, 5) is 11.7. The molecule has 1 rings (SSSR count). The van der Waals surface area contributed by atoms with Gasteiger partial charge in [0, 0.05) is 12.1 Å². The van der Waals surface area contributed by atoms with Crippen molar-refractivity contribution in [3.05, 3.63) is 29.8 Å². The highest BCUT2D eigenvalue weighted by molar-refractivity contribution is 7.89. The van der Waals surface area contributed by atoms with Crippen molar-refractivity contribution in [2.24, 2.45) is 0 Å². The number of hydrogen-bond donors (Lipinski definition) is 2. The molecule has 0 saturated heterocycles. The second-order valence-corrected chi connectivity index (χ2v) is 5.18. The van der Waals surface area contributed by atoms with Gasteiger partial charge in [-0.25, -0.2) is 13.1 Å². The van der Waals surface area contributed by atoms with E-state index < -0.39 is 15.9 Å². The minimum Gasteiger partial charge on any atom is -0.341 e. The van der Waals surface area contributed by atoms with Gasteiger partial charge in [-0.3, -0.25) is 4.79 Å². The predicted octanol–water partition coefficient (Wildman–Crippen LogP) is 0.348. The van der Waals surface area contributed by atoms with E-state index in [9.17, 15) is 13.2 Å². The number of carbonyl (C=O) groups excluding carboxylic acids is 1. The average molecular weight is 266 g/mol. The van der Waals surface area contributed by atoms with Gasteiger partial charge in [-0.2, -0.15) is 0 Å². The summed E-state index contributed by atoms with van der Waals surface area (Å²) in [5, 5.41) is 2.47. The zero-order chi connectivity index (χ0) is 13.6. The number of hydrogen-bond acceptors (Lipinski definition) is 3. The molecule has 0 aliphatic carbocycles. The van der Waals surface area contributed by atoms with Crippen molar-refractivity contribution in [3.8, 4) is 12.3 Å². The van der Waals surface area contributed by atoms with Gasteiger partial charge >= 0.3 is 0 Å². The van der Waals surface area contributed by atoms with Crippen molar-refractivity contribution in [1.29, 1.82) is 0 Å². The number of benzene rings is 1. The van der Waals surface area contributed by atoms with Crippen LogP contribution in [0, 0.1) is 12.3 Å². The molecule has 0 aromatic heterocycles. The molecule has 0 aliphatic heterocycles. The third-order valence-corrected chi connectivity index (χ3v) is 3.64. The molecule has 2 N–H and O–H groups in total. The molecule has 0 spiro atoms. The molecule has 0 radical (unpaired) electrons. The maximum absolute atomic E-state index is 11.7. The van der Waals surface area contributed by atoms with E-state index in [1.807, 2.05) is 0 Å². The Bertz CT molecular complexity index is 573. The van der Waals surface area contributed by atoms with Gasteiger partial charge in [-0.05, 0) is 18.2 Å². The molecule has 5 nitrogen and oxygen atoms in total. The zero-order valence-electron chi connectivity index (χ0n) is 9.93. The van der Waals surface area contributed by atoms with Crippen molar-refractivity contribution in [3.63, 3.8) is 0 Å². The van der Waals surface area contributed by atoms with E-state index in [1.54, 1.807) is 6.92 Å². The topological polar surface area (TPSA) is 75.3 Å². The summed E-state index contributed by atoms with van der Waals surface area (Å²) in [6.45, 7) is 2.07. The molecule has 1 aromatic carbocycles. The first kappa shape index (κ1) is 14.2. The van der Waals surface area contributed by atoms with Crippen LogP contribution in [-0.4, -0.2) is 27.4 Å². The van der Waals surface area contributed by atoms with Crippen LogP contribution in [0.2, 0.25) is 0 Å². The number of carbonyl (C=O) groups is 1. The number of nitrogens with one attached hydrogen (secondary N) is 2. The van der Waals surface area contributed by atoms with Gasteiger partial charge in [-0.1, -0.05) is 18.9 Å². The van der Waals surface area contributed by atoms with Crippen LogP contribution in [0.4, 0.5) is 0 Å². The molecule has 1 aromatic rings. The number of sulfonamides is 1. The van der Waals surface area contributed by atoms with Gasteiger partial charge in [0.1, 0.15) is 0 Å². The van der Waals surface area contributed by atoms with Crippen molar-refractivity contribution in [2.45, 2.75) is 11.8 Å². The molecule has 0 aliphatic rings. The summed E-state index contributed by atoms with van der Waals surface area (Å²) in [6, 6.07) is 5.77. The number of rotatable bonds is 5. The third-order valence-electron chi connectivity index (χ3n) is 2.09. The maximum Gasteiger partial charge on any atom is 0.252 e. The lowest BCUT2D eigenvalue weighted by Crippen LogP contribution is -2.25. The summed E-state index contributed by atoms with van der Waals surface area (Å²) in [5.74, 6) is 1.87. The maximum atomic E-state index is 11.7. The van der Waals surface area contributed by atoms with E-state index in [0.29, 0.717) is 0 Å². The average Bonchev–Trinajstić information content (AvgIpc) is 2.36. The highest BCUT2D eigenvalue weighted by Crippen LogP contribution is 2.11. The van der Waals surface area contributed by atoms with Crippen LogP contribution >= 0.6 is 0 Å². The molecular weight excluding hydrogens is 252 g/mol. The van der Waals surface area contributed by atoms with Crippen molar-refractivity contribution in [2.75, 3.05) is 13.1 Å². The Balaban J connectivity index is 3.00. The van der Waals surface area contributed by atoms with Crippen LogP contribution in [0.25, 0.3) is 0 Å². The lowest BCUT2D eigenvalue weighted by atomic mass is 10.2. The first-order valence-corrected chi connectivity index (χ1v) is 6.81. The number of terminal acetylenes is 1. The third kappa shape index (κ3) is 3.58. The van der Waals surface area contributed by atoms with E-state index in [2.05, 4.69) is 16.0 Å². The zero-order valence-corrected chi connectivity index (χ0v) is 10.8. The summed E-state index contributed by atoms with van der Waals surface area (Å²) in [6.07, 6.45) is 5.02. The van der Waals surface area contributed by atoms with E-state index in [-0.39, 0.29) is 23.5 Å². The van der Waals surface area contributed by atoms with Gasteiger partial charge in [0.05, 0.1) is 11.4 Å². The smallest absolute Gasteiger partial charge is 0.252 e. The van der Waals surface area contributed by atoms with E-state index >= 15 is 0 Å². The fourth-order valence-electron chi connectivity index (χ4n) is 1.31. The first-order valence-electron chi connectivity index (χ1n) is 5.32. The Kier molecular flexibility index (Phi) is 4.89. The van der Waals surface area contributed by atoms with Gasteiger partial charge < -0.3 is 5.32 Å². The Morgan fingerprint density at radius 1 is 1.44 bits per heavy atom. The highest BCUT2D eigenvalue weighted by atomic mass is 32.2. The normalized spacial score (nSPS) is 10.7. The fraction of sp³-hybridized carbons (Fsp3) is 0.250. The van der Waals surface area contributed by atoms with Gasteiger partial charge in [0.15, 0.2) is 0 Å². The van der Waals surface area contributed by atoms with Crippen LogP contribution in [0.5, 0.6) is 0 Å². The Hall–Kier alpha value is -1.84. The Morgan fingerprint density at radius 3 is 2.78 bits per heavy atom. The predicted molar refractivity (Wildman–Crippen MR) is 68.5 cm³/mol. The molecular formula is C12H14N2O3S. The fourth-order valence-corrected chi connectivity index (χ4v) is 2.40. The molecule has 96 valence electrons. The molecule has 0 bridgehead atoms. The van der Waals surface area contributed by atoms with Crippen LogP contribution in [0.1, 0.15) is 17.3 Å². The summed E-state index contributed by atoms with van der Waals surface area (Å²) >= 11 is 0. The molecule has 18 heavy (non-hydrogen) atoms. The summed E-state index contributed by atoms with van der Waals surface area (Å²) in [5.41, 5.74) is 0.254. The SMILES string of the molecule is C#CCNC(=O)c1cccc(S(=O)(=O)NCC)c1. The van der Waals surface area contributed by atoms with Gasteiger partial charge in [0.2, 0.25) is 10.0 Å². The van der Waals surface area contributed by atoms with Crippen molar-refractivity contribution >= 4 is 15.9 Å². The minimum atomic E-state index is -3.56. The van der Waals surface area contributed by atoms with Crippen LogP contribution in [0.15, 0.2) is 29.2 Å². The largest absolute Gasteiger partial charge is 0.341 e. The van der Waals surface area contributed by atoms with Crippen LogP contribution < -0.4 is 10.0 Å². The Labute approximate surface area is 107 Å². The van der Waals surface area contributed by atoms with E-state index in [1.165, 1.54) is 24.3 Å². The van der Waals surface area contributed by atoms with Crippen LogP contribution in [0.3, 0.4) is 0 Å². The summed E-state index contributed by atoms with van der Waals surface area (Å²) in [7, 11) is -3.56. The van der Waals surface area contributed by atoms with E-state index in [0.717, 1.165) is 0 Å². The minimum absolute atomic E-state index is 0.0534. The van der Waals surface area contributed by atoms with Crippen molar-refractivity contribution in [1.82, 2.24) is 10.0 Å². The Morgan fingerprint density at radius 2 is 2.17 bits per heavy atom. The summed E-state index contributed by atoms with van der Waals surface area (Å²) < 4.78 is 25.8. The standard InChI is InChI=1S/C12H14N2O3S/c1-3-8-13-12(15)10-6-5-7-11(9-10)18(16,17)14-4-2/h1,5-7,9,14H,4,8H2,2H3,(H,13,15). The lowest BCUT2D eigenvalue weighted by molar-refractivity contribution is 0.0958. The van der Waals surface area contributed by atoms with E-state index in [4.69, 9.17) is 6.42 Å².